The van der Waals surface area contributed by atoms with Gasteiger partial charge in [0.25, 0.3) is 0 Å². The van der Waals surface area contributed by atoms with Gasteiger partial charge in [-0.25, -0.2) is 0 Å². The Bertz CT molecular complexity index is 252. The molecule has 0 radical (unpaired) electrons. The summed E-state index contributed by atoms with van der Waals surface area (Å²) in [4.78, 5) is 2.66. The van der Waals surface area contributed by atoms with Crippen LogP contribution >= 0.6 is 0 Å². The molecule has 1 unspecified atom stereocenters. The van der Waals surface area contributed by atoms with Gasteiger partial charge in [0.1, 0.15) is 0 Å². The topological polar surface area (TPSA) is 15.3 Å². The molecular formula is C16H30N2. The standard InChI is InChI=1S/C16H30N2/c1-3-8-16(9-4-1)10-7-15(16)17-11-14-18-12-5-2-6-13-18/h15,17H,1-14H2. The van der Waals surface area contributed by atoms with Gasteiger partial charge in [-0.2, -0.15) is 0 Å². The van der Waals surface area contributed by atoms with Crippen LogP contribution in [0.25, 0.3) is 0 Å². The lowest BCUT2D eigenvalue weighted by Gasteiger charge is -2.52. The summed E-state index contributed by atoms with van der Waals surface area (Å²) in [6.45, 7) is 5.20. The Labute approximate surface area is 113 Å². The van der Waals surface area contributed by atoms with Crippen LogP contribution in [0.15, 0.2) is 0 Å². The Morgan fingerprint density at radius 2 is 1.61 bits per heavy atom. The Hall–Kier alpha value is -0.0800. The molecule has 0 aromatic carbocycles. The monoisotopic (exact) mass is 250 g/mol. The number of hydrogen-bond acceptors (Lipinski definition) is 2. The van der Waals surface area contributed by atoms with E-state index in [1.54, 1.807) is 0 Å². The first kappa shape index (κ1) is 12.9. The van der Waals surface area contributed by atoms with Gasteiger partial charge in [-0.05, 0) is 57.0 Å². The summed E-state index contributed by atoms with van der Waals surface area (Å²) in [6.07, 6.45) is 14.7. The molecule has 2 nitrogen and oxygen atoms in total. The van der Waals surface area contributed by atoms with Crippen molar-refractivity contribution in [3.05, 3.63) is 0 Å². The molecule has 2 aliphatic carbocycles. The summed E-state index contributed by atoms with van der Waals surface area (Å²) in [5.74, 6) is 0. The molecule has 1 spiro atoms. The van der Waals surface area contributed by atoms with E-state index in [2.05, 4.69) is 10.2 Å². The van der Waals surface area contributed by atoms with Gasteiger partial charge in [0, 0.05) is 19.1 Å². The zero-order valence-corrected chi connectivity index (χ0v) is 11.9. The van der Waals surface area contributed by atoms with Gasteiger partial charge >= 0.3 is 0 Å². The van der Waals surface area contributed by atoms with E-state index in [0.29, 0.717) is 0 Å². The van der Waals surface area contributed by atoms with Crippen LogP contribution in [0.4, 0.5) is 0 Å². The quantitative estimate of drug-likeness (QED) is 0.824. The molecule has 18 heavy (non-hydrogen) atoms. The molecular weight excluding hydrogens is 220 g/mol. The second-order valence-electron chi connectivity index (χ2n) is 6.87. The molecule has 1 heterocycles. The Morgan fingerprint density at radius 1 is 0.889 bits per heavy atom. The van der Waals surface area contributed by atoms with Gasteiger partial charge in [-0.3, -0.25) is 0 Å². The first-order valence-electron chi connectivity index (χ1n) is 8.35. The van der Waals surface area contributed by atoms with E-state index in [9.17, 15) is 0 Å². The Balaban J connectivity index is 1.37. The lowest BCUT2D eigenvalue weighted by Crippen LogP contribution is -2.55. The smallest absolute Gasteiger partial charge is 0.0124 e. The Morgan fingerprint density at radius 3 is 2.28 bits per heavy atom. The molecule has 3 aliphatic rings. The summed E-state index contributed by atoms with van der Waals surface area (Å²) in [6, 6.07) is 0.864. The number of rotatable bonds is 4. The minimum Gasteiger partial charge on any atom is -0.312 e. The number of likely N-dealkylation sites (tertiary alicyclic amines) is 1. The second kappa shape index (κ2) is 5.92. The molecule has 2 saturated carbocycles. The lowest BCUT2D eigenvalue weighted by atomic mass is 9.57. The van der Waals surface area contributed by atoms with Crippen molar-refractivity contribution in [2.45, 2.75) is 70.3 Å². The van der Waals surface area contributed by atoms with Crippen LogP contribution in [-0.2, 0) is 0 Å². The normalized spacial score (nSPS) is 32.3. The van der Waals surface area contributed by atoms with Gasteiger partial charge in [0.15, 0.2) is 0 Å². The number of piperidine rings is 1. The van der Waals surface area contributed by atoms with Crippen LogP contribution in [0.1, 0.15) is 64.2 Å². The van der Waals surface area contributed by atoms with Gasteiger partial charge in [-0.1, -0.05) is 25.7 Å². The van der Waals surface area contributed by atoms with Gasteiger partial charge in [0.05, 0.1) is 0 Å². The molecule has 1 N–H and O–H groups in total. The molecule has 0 aromatic heterocycles. The first-order valence-corrected chi connectivity index (χ1v) is 8.35. The summed E-state index contributed by atoms with van der Waals surface area (Å²) in [5.41, 5.74) is 0.736. The highest BCUT2D eigenvalue weighted by molar-refractivity contribution is 5.01. The fraction of sp³-hybridized carbons (Fsp3) is 1.00. The van der Waals surface area contributed by atoms with Gasteiger partial charge in [0.2, 0.25) is 0 Å². The van der Waals surface area contributed by atoms with Crippen molar-refractivity contribution in [3.63, 3.8) is 0 Å². The van der Waals surface area contributed by atoms with Crippen molar-refractivity contribution < 1.29 is 0 Å². The van der Waals surface area contributed by atoms with Crippen LogP contribution < -0.4 is 5.32 Å². The summed E-state index contributed by atoms with van der Waals surface area (Å²) in [7, 11) is 0. The van der Waals surface area contributed by atoms with E-state index >= 15 is 0 Å². The molecule has 3 rings (SSSR count). The van der Waals surface area contributed by atoms with Gasteiger partial charge < -0.3 is 10.2 Å². The fourth-order valence-electron chi connectivity index (χ4n) is 4.45. The highest BCUT2D eigenvalue weighted by Gasteiger charge is 2.46. The average Bonchev–Trinajstić information content (AvgIpc) is 2.44. The molecule has 1 aliphatic heterocycles. The maximum Gasteiger partial charge on any atom is 0.0124 e. The van der Waals surface area contributed by atoms with E-state index in [0.717, 1.165) is 11.5 Å². The molecule has 0 aromatic rings. The molecule has 2 heteroatoms. The van der Waals surface area contributed by atoms with Crippen LogP contribution in [0, 0.1) is 5.41 Å². The van der Waals surface area contributed by atoms with Crippen molar-refractivity contribution in [1.82, 2.24) is 10.2 Å². The van der Waals surface area contributed by atoms with Crippen molar-refractivity contribution >= 4 is 0 Å². The molecule has 3 fully saturated rings. The van der Waals surface area contributed by atoms with Crippen molar-refractivity contribution in [2.75, 3.05) is 26.2 Å². The molecule has 0 bridgehead atoms. The van der Waals surface area contributed by atoms with Crippen molar-refractivity contribution in [3.8, 4) is 0 Å². The van der Waals surface area contributed by atoms with E-state index in [1.807, 2.05) is 0 Å². The number of nitrogens with one attached hydrogen (secondary N) is 1. The SMILES string of the molecule is C1CCN(CCNC2CCC23CCCCC3)CC1. The van der Waals surface area contributed by atoms with E-state index in [4.69, 9.17) is 0 Å². The maximum absolute atomic E-state index is 3.89. The third-order valence-corrected chi connectivity index (χ3v) is 5.79. The average molecular weight is 250 g/mol. The summed E-state index contributed by atoms with van der Waals surface area (Å²) >= 11 is 0. The minimum absolute atomic E-state index is 0.736. The molecule has 1 saturated heterocycles. The van der Waals surface area contributed by atoms with Crippen LogP contribution in [0.5, 0.6) is 0 Å². The third-order valence-electron chi connectivity index (χ3n) is 5.79. The predicted octanol–water partition coefficient (Wildman–Crippen LogP) is 3.17. The van der Waals surface area contributed by atoms with Gasteiger partial charge in [-0.15, -0.1) is 0 Å². The number of nitrogens with zero attached hydrogens (tertiary/aromatic N) is 1. The highest BCUT2D eigenvalue weighted by atomic mass is 15.1. The molecule has 0 amide bonds. The van der Waals surface area contributed by atoms with E-state index in [1.165, 1.54) is 90.4 Å². The largest absolute Gasteiger partial charge is 0.312 e. The van der Waals surface area contributed by atoms with E-state index in [-0.39, 0.29) is 0 Å². The predicted molar refractivity (Wildman–Crippen MR) is 76.8 cm³/mol. The molecule has 1 atom stereocenters. The minimum atomic E-state index is 0.736. The van der Waals surface area contributed by atoms with E-state index < -0.39 is 0 Å². The second-order valence-corrected chi connectivity index (χ2v) is 6.87. The lowest BCUT2D eigenvalue weighted by molar-refractivity contribution is 0.0217. The zero-order chi connectivity index (χ0) is 12.3. The van der Waals surface area contributed by atoms with Crippen LogP contribution in [0.2, 0.25) is 0 Å². The maximum atomic E-state index is 3.89. The highest BCUT2D eigenvalue weighted by Crippen LogP contribution is 2.51. The van der Waals surface area contributed by atoms with Crippen molar-refractivity contribution in [1.29, 1.82) is 0 Å². The van der Waals surface area contributed by atoms with Crippen LogP contribution in [-0.4, -0.2) is 37.1 Å². The third kappa shape index (κ3) is 2.75. The fourth-order valence-corrected chi connectivity index (χ4v) is 4.45. The molecule has 104 valence electrons. The Kier molecular flexibility index (Phi) is 4.25. The number of hydrogen-bond donors (Lipinski definition) is 1. The van der Waals surface area contributed by atoms with Crippen LogP contribution in [0.3, 0.4) is 0 Å². The first-order chi connectivity index (χ1) is 8.89. The zero-order valence-electron chi connectivity index (χ0n) is 11.9. The summed E-state index contributed by atoms with van der Waals surface area (Å²) < 4.78 is 0. The van der Waals surface area contributed by atoms with Crippen molar-refractivity contribution in [2.24, 2.45) is 5.41 Å². The summed E-state index contributed by atoms with van der Waals surface area (Å²) in [5, 5.41) is 3.89.